The lowest BCUT2D eigenvalue weighted by Crippen LogP contribution is -2.39. The molecule has 2 unspecified atom stereocenters. The number of rotatable bonds is 4. The van der Waals surface area contributed by atoms with E-state index in [-0.39, 0.29) is 34.6 Å². The van der Waals surface area contributed by atoms with Crippen molar-refractivity contribution in [1.29, 1.82) is 0 Å². The van der Waals surface area contributed by atoms with Crippen LogP contribution < -0.4 is 22.5 Å². The topological polar surface area (TPSA) is 98.9 Å². The summed E-state index contributed by atoms with van der Waals surface area (Å²) in [5, 5.41) is 0. The molecule has 0 aliphatic carbocycles. The molecule has 0 aliphatic rings. The fourth-order valence-corrected chi connectivity index (χ4v) is 3.01. The van der Waals surface area contributed by atoms with Crippen molar-refractivity contribution in [2.24, 2.45) is 0 Å². The Bertz CT molecular complexity index is 980. The number of hydrogen-bond acceptors (Lipinski definition) is 4. The molecule has 10 heteroatoms. The highest BCUT2D eigenvalue weighted by molar-refractivity contribution is 9.10. The third kappa shape index (κ3) is 5.22. The Morgan fingerprint density at radius 2 is 1.50 bits per heavy atom. The summed E-state index contributed by atoms with van der Waals surface area (Å²) in [6.07, 6.45) is 1.50. The first-order chi connectivity index (χ1) is 13.0. The molecule has 2 rings (SSSR count). The van der Waals surface area contributed by atoms with Gasteiger partial charge < -0.3 is 4.98 Å². The second-order valence-electron chi connectivity index (χ2n) is 6.62. The van der Waals surface area contributed by atoms with Gasteiger partial charge in [0.15, 0.2) is 0 Å². The highest BCUT2D eigenvalue weighted by atomic mass is 79.9. The maximum Gasteiger partial charge on any atom is 0.341 e. The summed E-state index contributed by atoms with van der Waals surface area (Å²) in [6, 6.07) is 1.30. The zero-order chi connectivity index (χ0) is 21.8. The Morgan fingerprint density at radius 1 is 1.00 bits per heavy atom. The lowest BCUT2D eigenvalue weighted by Gasteiger charge is -2.12. The molecule has 28 heavy (non-hydrogen) atoms. The van der Waals surface area contributed by atoms with Crippen LogP contribution in [-0.4, -0.2) is 17.7 Å². The maximum absolute atomic E-state index is 11.7. The first-order valence-electron chi connectivity index (χ1n) is 9.00. The Kier molecular flexibility index (Phi) is 8.87. The summed E-state index contributed by atoms with van der Waals surface area (Å²) < 4.78 is 4.22. The van der Waals surface area contributed by atoms with E-state index in [1.165, 1.54) is 18.8 Å². The van der Waals surface area contributed by atoms with Crippen LogP contribution in [0.15, 0.2) is 29.7 Å². The minimum absolute atomic E-state index is 0.0700. The highest BCUT2D eigenvalue weighted by Crippen LogP contribution is 2.09. The summed E-state index contributed by atoms with van der Waals surface area (Å²) in [6.45, 7) is 11.0. The molecule has 0 bridgehead atoms. The number of H-pyrrole nitrogens is 1. The van der Waals surface area contributed by atoms with Crippen molar-refractivity contribution in [3.8, 4) is 0 Å². The summed E-state index contributed by atoms with van der Waals surface area (Å²) in [5.74, 6) is 0. The molecule has 2 atom stereocenters. The van der Waals surface area contributed by atoms with Gasteiger partial charge in [-0.15, -0.1) is 0 Å². The minimum Gasteiger partial charge on any atom is -0.310 e. The average Bonchev–Trinajstić information content (AvgIpc) is 2.64. The fraction of sp³-hybridized carbons (Fsp3) is 0.556. The van der Waals surface area contributed by atoms with Crippen LogP contribution in [0.1, 0.15) is 64.0 Å². The van der Waals surface area contributed by atoms with Crippen LogP contribution in [0, 0.1) is 13.8 Å². The summed E-state index contributed by atoms with van der Waals surface area (Å²) >= 11 is 6.26. The van der Waals surface area contributed by atoms with Crippen LogP contribution in [0.4, 0.5) is 0 Å². The van der Waals surface area contributed by atoms with Gasteiger partial charge in [0.2, 0.25) is 0 Å². The van der Waals surface area contributed by atoms with Gasteiger partial charge >= 0.3 is 11.4 Å². The van der Waals surface area contributed by atoms with E-state index in [4.69, 9.17) is 0 Å². The Balaban J connectivity index is 0.000000280. The molecule has 2 heterocycles. The summed E-state index contributed by atoms with van der Waals surface area (Å²) in [4.78, 5) is 49.1. The molecular formula is C18H26Br2N4O4. The number of halogens is 2. The van der Waals surface area contributed by atoms with Crippen LogP contribution in [0.2, 0.25) is 0 Å². The van der Waals surface area contributed by atoms with E-state index in [1.54, 1.807) is 13.8 Å². The predicted molar refractivity (Wildman–Crippen MR) is 118 cm³/mol. The van der Waals surface area contributed by atoms with E-state index in [9.17, 15) is 19.2 Å². The Labute approximate surface area is 179 Å². The van der Waals surface area contributed by atoms with Crippen molar-refractivity contribution in [1.82, 2.24) is 17.7 Å². The van der Waals surface area contributed by atoms with Crippen molar-refractivity contribution < 1.29 is 0 Å². The van der Waals surface area contributed by atoms with Crippen molar-refractivity contribution in [3.05, 3.63) is 63.6 Å². The second-order valence-corrected chi connectivity index (χ2v) is 8.12. The van der Waals surface area contributed by atoms with Crippen LogP contribution in [0.5, 0.6) is 0 Å². The second kappa shape index (κ2) is 10.2. The molecule has 0 aromatic carbocycles. The zero-order valence-electron chi connectivity index (χ0n) is 16.9. The molecule has 0 saturated heterocycles. The molecule has 0 aliphatic heterocycles. The van der Waals surface area contributed by atoms with E-state index >= 15 is 0 Å². The molecular weight excluding hydrogens is 496 g/mol. The van der Waals surface area contributed by atoms with Gasteiger partial charge in [-0.3, -0.25) is 18.7 Å². The summed E-state index contributed by atoms with van der Waals surface area (Å²) in [7, 11) is 0. The lowest BCUT2D eigenvalue weighted by molar-refractivity contribution is 0.485. The Hall–Kier alpha value is -1.68. The van der Waals surface area contributed by atoms with Gasteiger partial charge in [-0.2, -0.15) is 0 Å². The van der Waals surface area contributed by atoms with Crippen LogP contribution in [0.3, 0.4) is 0 Å². The molecule has 0 spiro atoms. The van der Waals surface area contributed by atoms with Crippen LogP contribution in [-0.2, 0) is 0 Å². The van der Waals surface area contributed by atoms with Crippen LogP contribution in [0.25, 0.3) is 0 Å². The van der Waals surface area contributed by atoms with Gasteiger partial charge in [0.05, 0.1) is 16.1 Å². The van der Waals surface area contributed by atoms with E-state index in [0.717, 1.165) is 12.8 Å². The van der Waals surface area contributed by atoms with Gasteiger partial charge in [0.1, 0.15) is 4.47 Å². The van der Waals surface area contributed by atoms with E-state index in [2.05, 4.69) is 37.1 Å². The van der Waals surface area contributed by atoms with E-state index in [0.29, 0.717) is 15.9 Å². The standard InChI is InChI=1S/2C9H13BrN2O2/c1-4-6(2)11-8(13)5-7(3)12(10)9(11)14;1-4-5(2)12-8(13)7(10)6(3)11-9(12)14/h5-6H,4H2,1-3H3;5H,4H2,1-3H3,(H,11,14). The molecule has 0 amide bonds. The first-order valence-corrected chi connectivity index (χ1v) is 10.5. The van der Waals surface area contributed by atoms with Crippen LogP contribution >= 0.6 is 32.1 Å². The minimum atomic E-state index is -0.343. The molecule has 0 saturated carbocycles. The monoisotopic (exact) mass is 520 g/mol. The number of aromatic amines is 1. The first kappa shape index (κ1) is 24.4. The van der Waals surface area contributed by atoms with Crippen molar-refractivity contribution in [3.63, 3.8) is 0 Å². The van der Waals surface area contributed by atoms with Gasteiger partial charge in [-0.1, -0.05) is 13.8 Å². The SMILES string of the molecule is CCC(C)n1c(=O)[nH]c(C)c(Br)c1=O.CCC(C)n1c(=O)cc(C)n(Br)c1=O. The van der Waals surface area contributed by atoms with E-state index < -0.39 is 0 Å². The van der Waals surface area contributed by atoms with Gasteiger partial charge in [0, 0.05) is 29.5 Å². The smallest absolute Gasteiger partial charge is 0.310 e. The van der Waals surface area contributed by atoms with Gasteiger partial charge in [-0.05, 0) is 56.5 Å². The number of nitrogens with zero attached hydrogens (tertiary/aromatic N) is 3. The molecule has 2 aromatic heterocycles. The van der Waals surface area contributed by atoms with Gasteiger partial charge in [-0.25, -0.2) is 13.2 Å². The molecule has 0 fully saturated rings. The molecule has 8 nitrogen and oxygen atoms in total. The molecule has 2 aromatic rings. The quantitative estimate of drug-likeness (QED) is 0.668. The zero-order valence-corrected chi connectivity index (χ0v) is 20.0. The van der Waals surface area contributed by atoms with E-state index in [1.807, 2.05) is 27.7 Å². The lowest BCUT2D eigenvalue weighted by atomic mass is 10.2. The number of aryl methyl sites for hydroxylation is 2. The number of nitrogens with one attached hydrogen (secondary N) is 1. The number of hydrogen-bond donors (Lipinski definition) is 1. The summed E-state index contributed by atoms with van der Waals surface area (Å²) in [5.41, 5.74) is 0.0201. The molecule has 0 radical (unpaired) electrons. The third-order valence-corrected chi connectivity index (χ3v) is 6.36. The molecule has 1 N–H and O–H groups in total. The fourth-order valence-electron chi connectivity index (χ4n) is 2.45. The normalized spacial score (nSPS) is 12.9. The largest absolute Gasteiger partial charge is 0.341 e. The van der Waals surface area contributed by atoms with Gasteiger partial charge in [0.25, 0.3) is 11.1 Å². The van der Waals surface area contributed by atoms with Crippen molar-refractivity contribution in [2.45, 2.75) is 66.5 Å². The highest BCUT2D eigenvalue weighted by Gasteiger charge is 2.13. The van der Waals surface area contributed by atoms with Crippen molar-refractivity contribution in [2.75, 3.05) is 0 Å². The van der Waals surface area contributed by atoms with Crippen molar-refractivity contribution >= 4 is 32.1 Å². The average molecular weight is 522 g/mol. The maximum atomic E-state index is 11.7. The Morgan fingerprint density at radius 3 is 2.00 bits per heavy atom. The number of aromatic nitrogens is 4. The molecule has 156 valence electrons. The third-order valence-electron chi connectivity index (χ3n) is 4.57. The predicted octanol–water partition coefficient (Wildman–Crippen LogP) is 3.03.